The number of benzene rings is 1. The molecule has 3 heterocycles. The minimum absolute atomic E-state index is 0.0243. The molecular formula is C21H18ClN3OS. The summed E-state index contributed by atoms with van der Waals surface area (Å²) in [6.07, 6.45) is 4.79. The molecule has 0 spiro atoms. The number of para-hydroxylation sites is 1. The smallest absolute Gasteiger partial charge is 0.262 e. The van der Waals surface area contributed by atoms with Gasteiger partial charge in [-0.2, -0.15) is 0 Å². The zero-order chi connectivity index (χ0) is 18.5. The van der Waals surface area contributed by atoms with Gasteiger partial charge in [0.15, 0.2) is 0 Å². The van der Waals surface area contributed by atoms with E-state index in [-0.39, 0.29) is 5.56 Å². The van der Waals surface area contributed by atoms with Gasteiger partial charge in [-0.1, -0.05) is 36.7 Å². The number of rotatable bonds is 2. The summed E-state index contributed by atoms with van der Waals surface area (Å²) in [6.45, 7) is 2.65. The first kappa shape index (κ1) is 16.9. The SMILES string of the molecule is C[C@@H]1CCc2c(sc3ncn(Cc4cc5ccccc5nc4Cl)c(=O)c23)C1. The minimum Gasteiger partial charge on any atom is -0.294 e. The van der Waals surface area contributed by atoms with Crippen LogP contribution in [-0.2, 0) is 19.4 Å². The van der Waals surface area contributed by atoms with Crippen molar-refractivity contribution in [3.05, 3.63) is 68.2 Å². The first-order valence-electron chi connectivity index (χ1n) is 9.14. The monoisotopic (exact) mass is 395 g/mol. The Morgan fingerprint density at radius 2 is 2.19 bits per heavy atom. The molecule has 0 saturated carbocycles. The average molecular weight is 396 g/mol. The molecule has 1 aliphatic carbocycles. The molecule has 0 unspecified atom stereocenters. The Morgan fingerprint density at radius 3 is 3.07 bits per heavy atom. The molecule has 1 aliphatic rings. The number of nitrogens with zero attached hydrogens (tertiary/aromatic N) is 3. The number of halogens is 1. The van der Waals surface area contributed by atoms with Gasteiger partial charge in [-0.3, -0.25) is 9.36 Å². The van der Waals surface area contributed by atoms with Crippen LogP contribution in [0.2, 0.25) is 5.15 Å². The van der Waals surface area contributed by atoms with E-state index in [1.807, 2.05) is 30.3 Å². The van der Waals surface area contributed by atoms with Crippen LogP contribution in [0, 0.1) is 5.92 Å². The molecule has 3 aromatic heterocycles. The third kappa shape index (κ3) is 2.86. The van der Waals surface area contributed by atoms with Gasteiger partial charge in [-0.05, 0) is 42.9 Å². The van der Waals surface area contributed by atoms with Crippen LogP contribution in [-0.4, -0.2) is 14.5 Å². The molecule has 4 aromatic rings. The predicted octanol–water partition coefficient (Wildman–Crippen LogP) is 4.83. The fourth-order valence-electron chi connectivity index (χ4n) is 3.91. The highest BCUT2D eigenvalue weighted by Crippen LogP contribution is 2.35. The quantitative estimate of drug-likeness (QED) is 0.456. The van der Waals surface area contributed by atoms with Crippen LogP contribution in [0.5, 0.6) is 0 Å². The Balaban J connectivity index is 1.61. The van der Waals surface area contributed by atoms with Crippen molar-refractivity contribution >= 4 is 44.1 Å². The van der Waals surface area contributed by atoms with E-state index >= 15 is 0 Å². The lowest BCUT2D eigenvalue weighted by molar-refractivity contribution is 0.509. The summed E-state index contributed by atoms with van der Waals surface area (Å²) >= 11 is 8.06. The number of aromatic nitrogens is 3. The van der Waals surface area contributed by atoms with E-state index in [0.717, 1.165) is 45.9 Å². The Morgan fingerprint density at radius 1 is 1.33 bits per heavy atom. The zero-order valence-corrected chi connectivity index (χ0v) is 16.5. The summed E-state index contributed by atoms with van der Waals surface area (Å²) in [5, 5.41) is 2.25. The van der Waals surface area contributed by atoms with Crippen LogP contribution in [0.3, 0.4) is 0 Å². The normalized spacial score (nSPS) is 16.7. The molecule has 6 heteroatoms. The van der Waals surface area contributed by atoms with Crippen molar-refractivity contribution in [3.63, 3.8) is 0 Å². The fourth-order valence-corrected chi connectivity index (χ4v) is 5.46. The molecule has 136 valence electrons. The number of thiophene rings is 1. The molecule has 5 rings (SSSR count). The predicted molar refractivity (Wildman–Crippen MR) is 111 cm³/mol. The Labute approximate surface area is 165 Å². The van der Waals surface area contributed by atoms with Gasteiger partial charge in [0.1, 0.15) is 9.98 Å². The molecule has 1 atom stereocenters. The zero-order valence-electron chi connectivity index (χ0n) is 14.9. The summed E-state index contributed by atoms with van der Waals surface area (Å²) in [5.41, 5.74) is 2.92. The van der Waals surface area contributed by atoms with Gasteiger partial charge < -0.3 is 0 Å². The van der Waals surface area contributed by atoms with Crippen molar-refractivity contribution < 1.29 is 0 Å². The molecule has 0 N–H and O–H groups in total. The third-order valence-corrected chi connectivity index (χ3v) is 6.86. The minimum atomic E-state index is 0.0243. The molecule has 0 bridgehead atoms. The van der Waals surface area contributed by atoms with E-state index < -0.39 is 0 Å². The maximum Gasteiger partial charge on any atom is 0.262 e. The van der Waals surface area contributed by atoms with Gasteiger partial charge >= 0.3 is 0 Å². The Bertz CT molecular complexity index is 1240. The second-order valence-corrected chi connectivity index (χ2v) is 8.78. The summed E-state index contributed by atoms with van der Waals surface area (Å²) < 4.78 is 1.66. The van der Waals surface area contributed by atoms with E-state index in [9.17, 15) is 4.79 Å². The molecule has 0 aliphatic heterocycles. The number of pyridine rings is 1. The summed E-state index contributed by atoms with van der Waals surface area (Å²) in [6, 6.07) is 9.85. The second kappa shape index (κ2) is 6.43. The van der Waals surface area contributed by atoms with Gasteiger partial charge in [0.05, 0.1) is 23.8 Å². The largest absolute Gasteiger partial charge is 0.294 e. The molecule has 27 heavy (non-hydrogen) atoms. The maximum atomic E-state index is 13.2. The van der Waals surface area contributed by atoms with Crippen molar-refractivity contribution in [3.8, 4) is 0 Å². The van der Waals surface area contributed by atoms with Crippen LogP contribution < -0.4 is 5.56 Å². The highest BCUT2D eigenvalue weighted by Gasteiger charge is 2.23. The number of hydrogen-bond acceptors (Lipinski definition) is 4. The van der Waals surface area contributed by atoms with Gasteiger partial charge in [0.25, 0.3) is 5.56 Å². The molecule has 0 fully saturated rings. The van der Waals surface area contributed by atoms with Crippen LogP contribution >= 0.6 is 22.9 Å². The average Bonchev–Trinajstić information content (AvgIpc) is 3.02. The van der Waals surface area contributed by atoms with Crippen LogP contribution in [0.25, 0.3) is 21.1 Å². The second-order valence-electron chi connectivity index (χ2n) is 7.34. The van der Waals surface area contributed by atoms with Crippen molar-refractivity contribution in [2.75, 3.05) is 0 Å². The van der Waals surface area contributed by atoms with E-state index in [1.54, 1.807) is 22.2 Å². The lowest BCUT2D eigenvalue weighted by Gasteiger charge is -2.17. The highest BCUT2D eigenvalue weighted by atomic mass is 35.5. The maximum absolute atomic E-state index is 13.2. The lowest BCUT2D eigenvalue weighted by Crippen LogP contribution is -2.22. The molecule has 1 aromatic carbocycles. The van der Waals surface area contributed by atoms with Crippen LogP contribution in [0.1, 0.15) is 29.3 Å². The standard InChI is InChI=1S/C21H18ClN3OS/c1-12-6-7-15-17(8-12)27-20-18(15)21(26)25(11-23-20)10-14-9-13-4-2-3-5-16(13)24-19(14)22/h2-5,9,11-12H,6-8,10H2,1H3/t12-/m1/s1. The van der Waals surface area contributed by atoms with Crippen molar-refractivity contribution in [2.24, 2.45) is 5.92 Å². The summed E-state index contributed by atoms with van der Waals surface area (Å²) in [7, 11) is 0. The highest BCUT2D eigenvalue weighted by molar-refractivity contribution is 7.18. The first-order chi connectivity index (χ1) is 13.1. The van der Waals surface area contributed by atoms with Crippen LogP contribution in [0.4, 0.5) is 0 Å². The lowest BCUT2D eigenvalue weighted by atomic mass is 9.89. The van der Waals surface area contributed by atoms with Crippen molar-refractivity contribution in [2.45, 2.75) is 32.7 Å². The first-order valence-corrected chi connectivity index (χ1v) is 10.3. The van der Waals surface area contributed by atoms with Crippen LogP contribution in [0.15, 0.2) is 41.5 Å². The molecule has 0 saturated heterocycles. The fraction of sp³-hybridized carbons (Fsp3) is 0.286. The summed E-state index contributed by atoms with van der Waals surface area (Å²) in [5.74, 6) is 0.676. The van der Waals surface area contributed by atoms with Gasteiger partial charge in [0.2, 0.25) is 0 Å². The Hall–Kier alpha value is -2.24. The molecule has 0 amide bonds. The van der Waals surface area contributed by atoms with E-state index in [4.69, 9.17) is 11.6 Å². The van der Waals surface area contributed by atoms with Crippen molar-refractivity contribution in [1.82, 2.24) is 14.5 Å². The van der Waals surface area contributed by atoms with E-state index in [1.165, 1.54) is 10.4 Å². The molecule has 4 nitrogen and oxygen atoms in total. The number of fused-ring (bicyclic) bond motifs is 4. The number of hydrogen-bond donors (Lipinski definition) is 0. The Kier molecular flexibility index (Phi) is 4.02. The molecule has 0 radical (unpaired) electrons. The van der Waals surface area contributed by atoms with Gasteiger partial charge in [0, 0.05) is 15.8 Å². The third-order valence-electron chi connectivity index (χ3n) is 5.37. The number of aryl methyl sites for hydroxylation is 1. The summed E-state index contributed by atoms with van der Waals surface area (Å²) in [4.78, 5) is 24.4. The molecular weight excluding hydrogens is 378 g/mol. The van der Waals surface area contributed by atoms with E-state index in [2.05, 4.69) is 16.9 Å². The van der Waals surface area contributed by atoms with E-state index in [0.29, 0.717) is 17.6 Å². The van der Waals surface area contributed by atoms with Gasteiger partial charge in [-0.15, -0.1) is 11.3 Å². The van der Waals surface area contributed by atoms with Crippen molar-refractivity contribution in [1.29, 1.82) is 0 Å². The van der Waals surface area contributed by atoms with Gasteiger partial charge in [-0.25, -0.2) is 9.97 Å². The topological polar surface area (TPSA) is 47.8 Å².